The van der Waals surface area contributed by atoms with E-state index >= 15 is 0 Å². The van der Waals surface area contributed by atoms with E-state index in [0.717, 1.165) is 32.1 Å². The molecule has 0 saturated heterocycles. The van der Waals surface area contributed by atoms with Crippen LogP contribution in [0.3, 0.4) is 0 Å². The number of aliphatic hydroxyl groups is 2. The zero-order valence-electron chi connectivity index (χ0n) is 18.4. The van der Waals surface area contributed by atoms with Gasteiger partial charge >= 0.3 is 5.97 Å². The van der Waals surface area contributed by atoms with Gasteiger partial charge in [0.25, 0.3) is 0 Å². The molecule has 0 aliphatic heterocycles. The molecule has 6 atom stereocenters. The summed E-state index contributed by atoms with van der Waals surface area (Å²) in [6, 6.07) is 0. The fourth-order valence-electron chi connectivity index (χ4n) is 4.63. The van der Waals surface area contributed by atoms with E-state index in [1.54, 1.807) is 0 Å². The van der Waals surface area contributed by atoms with Crippen molar-refractivity contribution in [2.24, 2.45) is 23.7 Å². The number of allylic oxidation sites excluding steroid dienone is 2. The molecule has 4 nitrogen and oxygen atoms in total. The lowest BCUT2D eigenvalue weighted by Gasteiger charge is -2.19. The first kappa shape index (κ1) is 23.7. The Labute approximate surface area is 176 Å². The zero-order valence-corrected chi connectivity index (χ0v) is 18.4. The average Bonchev–Trinajstić information content (AvgIpc) is 3.17. The Hall–Kier alpha value is -1.57. The summed E-state index contributed by atoms with van der Waals surface area (Å²) in [5.74, 6) is 6.96. The summed E-state index contributed by atoms with van der Waals surface area (Å²) >= 11 is 0. The third-order valence-electron chi connectivity index (χ3n) is 6.21. The van der Waals surface area contributed by atoms with Crippen LogP contribution < -0.4 is 0 Å². The number of fused-ring (bicyclic) bond motifs is 1. The van der Waals surface area contributed by atoms with Crippen molar-refractivity contribution in [3.05, 3.63) is 23.8 Å². The van der Waals surface area contributed by atoms with Crippen LogP contribution in [0.2, 0.25) is 0 Å². The summed E-state index contributed by atoms with van der Waals surface area (Å²) in [7, 11) is 0. The first-order valence-electron chi connectivity index (χ1n) is 11.1. The molecular formula is C25H38O4. The van der Waals surface area contributed by atoms with Crippen LogP contribution in [0.25, 0.3) is 0 Å². The zero-order chi connectivity index (χ0) is 21.4. The van der Waals surface area contributed by atoms with Gasteiger partial charge in [0.2, 0.25) is 0 Å². The maximum atomic E-state index is 11.6. The molecule has 0 spiro atoms. The van der Waals surface area contributed by atoms with Crippen LogP contribution in [0.4, 0.5) is 0 Å². The standard InChI is InChI=1S/C25H38O4/c1-5-6-9-18(4)23(26)13-12-21-22-15-19(14-20(22)16-24(21)27)10-7-8-11-25(28)29-17(2)3/h10,12-13,17-18,20-24,26-27H,7-9,11,14-16H2,1-4H3/t18?,20-,21+,22-,23+,24+/m0/s1. The minimum atomic E-state index is -0.524. The molecule has 0 aromatic carbocycles. The molecule has 0 aromatic heterocycles. The monoisotopic (exact) mass is 402 g/mol. The highest BCUT2D eigenvalue weighted by Crippen LogP contribution is 2.50. The van der Waals surface area contributed by atoms with E-state index < -0.39 is 6.10 Å². The van der Waals surface area contributed by atoms with Gasteiger partial charge in [0.15, 0.2) is 0 Å². The van der Waals surface area contributed by atoms with E-state index in [-0.39, 0.29) is 30.0 Å². The van der Waals surface area contributed by atoms with E-state index in [2.05, 4.69) is 17.9 Å². The van der Waals surface area contributed by atoms with Gasteiger partial charge in [0.1, 0.15) is 0 Å². The van der Waals surface area contributed by atoms with Crippen LogP contribution >= 0.6 is 0 Å². The van der Waals surface area contributed by atoms with Crippen molar-refractivity contribution in [2.45, 2.75) is 91.0 Å². The molecule has 1 unspecified atom stereocenters. The number of aliphatic hydroxyl groups excluding tert-OH is 2. The van der Waals surface area contributed by atoms with Crippen LogP contribution in [0.5, 0.6) is 0 Å². The third kappa shape index (κ3) is 7.32. The predicted molar refractivity (Wildman–Crippen MR) is 116 cm³/mol. The van der Waals surface area contributed by atoms with Crippen LogP contribution in [-0.2, 0) is 9.53 Å². The minimum Gasteiger partial charge on any atom is -0.463 e. The minimum absolute atomic E-state index is 0.0486. The van der Waals surface area contributed by atoms with Crippen molar-refractivity contribution in [3.63, 3.8) is 0 Å². The molecule has 2 fully saturated rings. The number of esters is 1. The van der Waals surface area contributed by atoms with Gasteiger partial charge in [0, 0.05) is 18.8 Å². The van der Waals surface area contributed by atoms with Crippen molar-refractivity contribution in [1.29, 1.82) is 0 Å². The largest absolute Gasteiger partial charge is 0.463 e. The second-order valence-corrected chi connectivity index (χ2v) is 8.99. The van der Waals surface area contributed by atoms with Crippen LogP contribution in [-0.4, -0.2) is 34.5 Å². The fourth-order valence-corrected chi connectivity index (χ4v) is 4.63. The maximum Gasteiger partial charge on any atom is 0.306 e. The van der Waals surface area contributed by atoms with Gasteiger partial charge in [-0.3, -0.25) is 4.79 Å². The first-order chi connectivity index (χ1) is 13.8. The highest BCUT2D eigenvalue weighted by molar-refractivity contribution is 5.69. The quantitative estimate of drug-likeness (QED) is 0.259. The maximum absolute atomic E-state index is 11.6. The normalized spacial score (nSPS) is 29.7. The Bertz CT molecular complexity index is 651. The van der Waals surface area contributed by atoms with Crippen molar-refractivity contribution in [2.75, 3.05) is 0 Å². The Morgan fingerprint density at radius 2 is 2.07 bits per heavy atom. The fraction of sp³-hybridized carbons (Fsp3) is 0.720. The molecule has 0 radical (unpaired) electrons. The van der Waals surface area contributed by atoms with E-state index in [9.17, 15) is 15.0 Å². The van der Waals surface area contributed by atoms with Gasteiger partial charge in [-0.15, -0.1) is 11.8 Å². The molecule has 2 rings (SSSR count). The van der Waals surface area contributed by atoms with Crippen molar-refractivity contribution in [3.8, 4) is 11.8 Å². The van der Waals surface area contributed by atoms with Crippen molar-refractivity contribution in [1.82, 2.24) is 0 Å². The number of carbonyl (C=O) groups is 1. The van der Waals surface area contributed by atoms with Crippen molar-refractivity contribution >= 4 is 5.97 Å². The lowest BCUT2D eigenvalue weighted by Crippen LogP contribution is -2.19. The predicted octanol–water partition coefficient (Wildman–Crippen LogP) is 4.41. The van der Waals surface area contributed by atoms with Gasteiger partial charge in [-0.1, -0.05) is 30.7 Å². The number of unbranched alkanes of at least 4 members (excludes halogenated alkanes) is 1. The summed E-state index contributed by atoms with van der Waals surface area (Å²) in [6.07, 6.45) is 11.1. The van der Waals surface area contributed by atoms with Crippen LogP contribution in [0.1, 0.15) is 72.6 Å². The molecule has 0 heterocycles. The molecule has 0 bridgehead atoms. The van der Waals surface area contributed by atoms with Gasteiger partial charge in [-0.2, -0.15) is 0 Å². The van der Waals surface area contributed by atoms with E-state index in [4.69, 9.17) is 4.74 Å². The Kier molecular flexibility index (Phi) is 9.46. The number of rotatable bonds is 9. The Morgan fingerprint density at radius 1 is 1.31 bits per heavy atom. The molecule has 2 aliphatic carbocycles. The number of hydrogen-bond donors (Lipinski definition) is 2. The molecule has 29 heavy (non-hydrogen) atoms. The lowest BCUT2D eigenvalue weighted by molar-refractivity contribution is -0.147. The molecular weight excluding hydrogens is 364 g/mol. The third-order valence-corrected chi connectivity index (χ3v) is 6.21. The highest BCUT2D eigenvalue weighted by atomic mass is 16.5. The summed E-state index contributed by atoms with van der Waals surface area (Å²) in [5, 5.41) is 20.8. The Balaban J connectivity index is 1.83. The highest BCUT2D eigenvalue weighted by Gasteiger charge is 2.44. The van der Waals surface area contributed by atoms with Crippen LogP contribution in [0, 0.1) is 35.5 Å². The Morgan fingerprint density at radius 3 is 2.76 bits per heavy atom. The number of ether oxygens (including phenoxy) is 1. The number of carbonyl (C=O) groups excluding carboxylic acids is 1. The molecule has 2 saturated carbocycles. The van der Waals surface area contributed by atoms with Gasteiger partial charge in [-0.05, 0) is 70.6 Å². The summed E-state index contributed by atoms with van der Waals surface area (Å²) < 4.78 is 5.17. The van der Waals surface area contributed by atoms with Gasteiger partial charge in [0.05, 0.1) is 18.3 Å². The second-order valence-electron chi connectivity index (χ2n) is 8.99. The molecule has 162 valence electrons. The smallest absolute Gasteiger partial charge is 0.306 e. The average molecular weight is 403 g/mol. The summed E-state index contributed by atoms with van der Waals surface area (Å²) in [4.78, 5) is 11.6. The molecule has 0 aromatic rings. The topological polar surface area (TPSA) is 66.8 Å². The van der Waals surface area contributed by atoms with Crippen molar-refractivity contribution < 1.29 is 19.7 Å². The SMILES string of the molecule is CC#CCC(C)[C@H](O)C=C[C@@H]1[C@H]2CC(=CCCCC(=O)OC(C)C)C[C@H]2C[C@H]1O. The van der Waals surface area contributed by atoms with E-state index in [1.165, 1.54) is 5.57 Å². The molecule has 2 aliphatic rings. The van der Waals surface area contributed by atoms with E-state index in [0.29, 0.717) is 24.7 Å². The lowest BCUT2D eigenvalue weighted by atomic mass is 9.89. The van der Waals surface area contributed by atoms with Crippen LogP contribution in [0.15, 0.2) is 23.8 Å². The summed E-state index contributed by atoms with van der Waals surface area (Å²) in [5.41, 5.74) is 1.45. The molecule has 0 amide bonds. The van der Waals surface area contributed by atoms with E-state index in [1.807, 2.05) is 39.8 Å². The number of hydrogen-bond acceptors (Lipinski definition) is 4. The van der Waals surface area contributed by atoms with Gasteiger partial charge in [-0.25, -0.2) is 0 Å². The van der Waals surface area contributed by atoms with Gasteiger partial charge < -0.3 is 14.9 Å². The second kappa shape index (κ2) is 11.6. The molecule has 4 heteroatoms. The summed E-state index contributed by atoms with van der Waals surface area (Å²) in [6.45, 7) is 7.55. The molecule has 2 N–H and O–H groups in total. The first-order valence-corrected chi connectivity index (χ1v) is 11.1.